The number of hydrogen-bond donors (Lipinski definition) is 3. The molecular formula is C17H24N3O3+. The van der Waals surface area contributed by atoms with E-state index in [1.807, 2.05) is 18.2 Å². The molecule has 2 aliphatic rings. The van der Waals surface area contributed by atoms with E-state index in [4.69, 9.17) is 4.74 Å². The smallest absolute Gasteiger partial charge is 0.279 e. The number of nitrogens with two attached hydrogens (primary N) is 1. The van der Waals surface area contributed by atoms with Gasteiger partial charge in [-0.15, -0.1) is 0 Å². The highest BCUT2D eigenvalue weighted by Crippen LogP contribution is 2.19. The topological polar surface area (TPSA) is 84.0 Å². The summed E-state index contributed by atoms with van der Waals surface area (Å²) in [5.74, 6) is 0.521. The number of rotatable bonds is 4. The molecule has 0 aromatic heterocycles. The van der Waals surface area contributed by atoms with Gasteiger partial charge in [0, 0.05) is 18.2 Å². The molecule has 2 amide bonds. The van der Waals surface area contributed by atoms with Crippen molar-refractivity contribution in [3.63, 3.8) is 0 Å². The van der Waals surface area contributed by atoms with Crippen molar-refractivity contribution in [1.29, 1.82) is 0 Å². The Hall–Kier alpha value is -2.08. The molecule has 0 unspecified atom stereocenters. The van der Waals surface area contributed by atoms with E-state index in [9.17, 15) is 9.59 Å². The molecular weight excluding hydrogens is 294 g/mol. The van der Waals surface area contributed by atoms with Gasteiger partial charge < -0.3 is 20.7 Å². The van der Waals surface area contributed by atoms with Crippen LogP contribution in [-0.4, -0.2) is 37.0 Å². The molecule has 23 heavy (non-hydrogen) atoms. The van der Waals surface area contributed by atoms with Crippen molar-refractivity contribution < 1.29 is 19.6 Å². The number of quaternary nitrogens is 1. The molecule has 0 bridgehead atoms. The predicted molar refractivity (Wildman–Crippen MR) is 86.1 cm³/mol. The Kier molecular flexibility index (Phi) is 4.81. The minimum Gasteiger partial charge on any atom is -0.497 e. The Balaban J connectivity index is 1.57. The first-order valence-electron chi connectivity index (χ1n) is 8.25. The Morgan fingerprint density at radius 2 is 2.22 bits per heavy atom. The average Bonchev–Trinajstić information content (AvgIpc) is 2.55. The van der Waals surface area contributed by atoms with Crippen LogP contribution in [0, 0.1) is 0 Å². The summed E-state index contributed by atoms with van der Waals surface area (Å²) in [4.78, 5) is 24.4. The number of carbonyl (C=O) groups excluding carboxylic acids is 2. The summed E-state index contributed by atoms with van der Waals surface area (Å²) in [6.45, 7) is 0. The lowest BCUT2D eigenvalue weighted by Crippen LogP contribution is -3.03. The molecule has 1 aromatic rings. The van der Waals surface area contributed by atoms with Crippen LogP contribution in [0.4, 0.5) is 5.69 Å². The fraction of sp³-hybridized carbons (Fsp3) is 0.529. The number of piperazine rings is 1. The lowest BCUT2D eigenvalue weighted by Gasteiger charge is -2.37. The maximum absolute atomic E-state index is 12.2. The number of ether oxygens (including phenoxy) is 1. The van der Waals surface area contributed by atoms with Gasteiger partial charge in [0.15, 0.2) is 6.04 Å². The summed E-state index contributed by atoms with van der Waals surface area (Å²) in [6, 6.07) is 7.56. The number of hydrogen-bond acceptors (Lipinski definition) is 3. The minimum absolute atomic E-state index is 0.0195. The fourth-order valence-electron chi connectivity index (χ4n) is 3.52. The van der Waals surface area contributed by atoms with Crippen LogP contribution in [0.1, 0.15) is 32.1 Å². The van der Waals surface area contributed by atoms with E-state index in [0.29, 0.717) is 17.5 Å². The highest BCUT2D eigenvalue weighted by molar-refractivity contribution is 5.95. The van der Waals surface area contributed by atoms with Gasteiger partial charge in [0.25, 0.3) is 5.91 Å². The highest BCUT2D eigenvalue weighted by atomic mass is 16.5. The first-order chi connectivity index (χ1) is 11.2. The van der Waals surface area contributed by atoms with E-state index < -0.39 is 0 Å². The molecule has 3 rings (SSSR count). The van der Waals surface area contributed by atoms with Gasteiger partial charge in [-0.05, 0) is 25.0 Å². The van der Waals surface area contributed by atoms with E-state index in [1.54, 1.807) is 13.2 Å². The Labute approximate surface area is 136 Å². The summed E-state index contributed by atoms with van der Waals surface area (Å²) in [6.07, 6.45) is 4.73. The molecule has 1 aliphatic heterocycles. The van der Waals surface area contributed by atoms with Crippen LogP contribution < -0.4 is 20.7 Å². The first kappa shape index (κ1) is 15.8. The van der Waals surface area contributed by atoms with Gasteiger partial charge in [0.1, 0.15) is 11.8 Å². The molecule has 0 spiro atoms. The van der Waals surface area contributed by atoms with E-state index in [0.717, 1.165) is 12.8 Å². The zero-order chi connectivity index (χ0) is 16.2. The third kappa shape index (κ3) is 3.82. The van der Waals surface area contributed by atoms with E-state index in [-0.39, 0.29) is 30.3 Å². The molecule has 1 aliphatic carbocycles. The standard InChI is InChI=1S/C17H23N3O3/c1-23-12-6-4-5-11(9-12)18-16(21)10-15-17(22)20-14-8-3-2-7-13(14)19-15/h4-6,9,13-15,19H,2-3,7-8,10H2,1H3,(H,18,21)(H,20,22)/p+1/t13-,14+,15+/m1/s1. The number of benzene rings is 1. The molecule has 0 radical (unpaired) electrons. The van der Waals surface area contributed by atoms with Crippen LogP contribution in [0.25, 0.3) is 0 Å². The first-order valence-corrected chi connectivity index (χ1v) is 8.25. The number of carbonyl (C=O) groups is 2. The summed E-state index contributed by atoms with van der Waals surface area (Å²) < 4.78 is 5.14. The molecule has 1 saturated heterocycles. The molecule has 124 valence electrons. The number of methoxy groups -OCH3 is 1. The molecule has 1 heterocycles. The van der Waals surface area contributed by atoms with E-state index in [1.165, 1.54) is 12.8 Å². The second-order valence-corrected chi connectivity index (χ2v) is 6.35. The zero-order valence-corrected chi connectivity index (χ0v) is 13.4. The summed E-state index contributed by atoms with van der Waals surface area (Å²) in [5, 5.41) is 8.01. The van der Waals surface area contributed by atoms with Gasteiger partial charge in [-0.1, -0.05) is 12.5 Å². The number of nitrogens with one attached hydrogen (secondary N) is 2. The number of anilines is 1. The Bertz CT molecular complexity index is 590. The van der Waals surface area contributed by atoms with Crippen molar-refractivity contribution in [3.05, 3.63) is 24.3 Å². The summed E-state index contributed by atoms with van der Waals surface area (Å²) >= 11 is 0. The monoisotopic (exact) mass is 318 g/mol. The summed E-state index contributed by atoms with van der Waals surface area (Å²) in [5.41, 5.74) is 0.682. The van der Waals surface area contributed by atoms with Crippen molar-refractivity contribution in [3.8, 4) is 5.75 Å². The molecule has 2 fully saturated rings. The number of fused-ring (bicyclic) bond motifs is 1. The van der Waals surface area contributed by atoms with Crippen molar-refractivity contribution in [2.75, 3.05) is 12.4 Å². The average molecular weight is 318 g/mol. The SMILES string of the molecule is COc1cccc(NC(=O)C[C@@H]2[NH2+][C@@H]3CCCC[C@@H]3NC2=O)c1. The van der Waals surface area contributed by atoms with Gasteiger partial charge in [-0.2, -0.15) is 0 Å². The van der Waals surface area contributed by atoms with E-state index >= 15 is 0 Å². The zero-order valence-electron chi connectivity index (χ0n) is 13.4. The molecule has 1 saturated carbocycles. The van der Waals surface area contributed by atoms with Crippen LogP contribution in [0.3, 0.4) is 0 Å². The molecule has 6 nitrogen and oxygen atoms in total. The molecule has 1 aromatic carbocycles. The lowest BCUT2D eigenvalue weighted by atomic mass is 9.87. The van der Waals surface area contributed by atoms with Crippen LogP contribution >= 0.6 is 0 Å². The van der Waals surface area contributed by atoms with Crippen LogP contribution in [0.5, 0.6) is 5.75 Å². The van der Waals surface area contributed by atoms with Crippen molar-refractivity contribution in [2.45, 2.75) is 50.2 Å². The van der Waals surface area contributed by atoms with Gasteiger partial charge in [-0.3, -0.25) is 9.59 Å². The molecule has 4 N–H and O–H groups in total. The van der Waals surface area contributed by atoms with Crippen LogP contribution in [-0.2, 0) is 9.59 Å². The normalized spacial score (nSPS) is 26.8. The third-order valence-corrected chi connectivity index (χ3v) is 4.72. The van der Waals surface area contributed by atoms with Gasteiger partial charge in [-0.25, -0.2) is 0 Å². The largest absolute Gasteiger partial charge is 0.497 e. The Morgan fingerprint density at radius 3 is 3.04 bits per heavy atom. The fourth-order valence-corrected chi connectivity index (χ4v) is 3.52. The van der Waals surface area contributed by atoms with Crippen molar-refractivity contribution in [2.24, 2.45) is 0 Å². The summed E-state index contributed by atoms with van der Waals surface area (Å²) in [7, 11) is 1.59. The highest BCUT2D eigenvalue weighted by Gasteiger charge is 2.40. The second-order valence-electron chi connectivity index (χ2n) is 6.35. The second kappa shape index (κ2) is 7.00. The van der Waals surface area contributed by atoms with Crippen LogP contribution in [0.15, 0.2) is 24.3 Å². The maximum atomic E-state index is 12.2. The maximum Gasteiger partial charge on any atom is 0.279 e. The van der Waals surface area contributed by atoms with Gasteiger partial charge in [0.2, 0.25) is 5.91 Å². The van der Waals surface area contributed by atoms with Crippen molar-refractivity contribution in [1.82, 2.24) is 5.32 Å². The lowest BCUT2D eigenvalue weighted by molar-refractivity contribution is -0.718. The van der Waals surface area contributed by atoms with Gasteiger partial charge in [0.05, 0.1) is 19.6 Å². The number of amides is 2. The molecule has 3 atom stereocenters. The minimum atomic E-state index is -0.333. The third-order valence-electron chi connectivity index (χ3n) is 4.72. The van der Waals surface area contributed by atoms with Crippen LogP contribution in [0.2, 0.25) is 0 Å². The van der Waals surface area contributed by atoms with Gasteiger partial charge >= 0.3 is 0 Å². The van der Waals surface area contributed by atoms with Crippen molar-refractivity contribution >= 4 is 17.5 Å². The van der Waals surface area contributed by atoms with E-state index in [2.05, 4.69) is 16.0 Å². The quantitative estimate of drug-likeness (QED) is 0.751. The Morgan fingerprint density at radius 1 is 1.39 bits per heavy atom. The predicted octanol–water partition coefficient (Wildman–Crippen LogP) is 0.397. The molecule has 6 heteroatoms.